The van der Waals surface area contributed by atoms with Crippen molar-refractivity contribution in [2.24, 2.45) is 0 Å². The molecule has 0 radical (unpaired) electrons. The minimum Gasteiger partial charge on any atom is -0.302 e. The molecule has 0 fully saturated rings. The minimum atomic E-state index is 1.30. The Morgan fingerprint density at radius 3 is 0.639 bits per heavy atom. The van der Waals surface area contributed by atoms with Gasteiger partial charge in [-0.05, 0) is 51.9 Å². The van der Waals surface area contributed by atoms with Gasteiger partial charge in [-0.15, -0.1) is 0 Å². The number of nitrogens with zero attached hydrogens (tertiary/aromatic N) is 2. The molecule has 2 heteroatoms. The average molecular weight is 509 g/mol. The highest BCUT2D eigenvalue weighted by Crippen LogP contribution is 2.12. The van der Waals surface area contributed by atoms with Crippen LogP contribution in [0, 0.1) is 0 Å². The van der Waals surface area contributed by atoms with E-state index < -0.39 is 0 Å². The van der Waals surface area contributed by atoms with Crippen molar-refractivity contribution >= 4 is 0 Å². The summed E-state index contributed by atoms with van der Waals surface area (Å²) < 4.78 is 0. The van der Waals surface area contributed by atoms with Gasteiger partial charge in [-0.2, -0.15) is 0 Å². The first-order valence-corrected chi connectivity index (χ1v) is 17.2. The lowest BCUT2D eigenvalue weighted by Gasteiger charge is -2.28. The maximum atomic E-state index is 2.84. The Hall–Kier alpha value is -0.0800. The third kappa shape index (κ3) is 27.0. The molecule has 0 spiro atoms. The lowest BCUT2D eigenvalue weighted by molar-refractivity contribution is 0.192. The molecule has 2 nitrogen and oxygen atoms in total. The normalized spacial score (nSPS) is 11.8. The zero-order chi connectivity index (χ0) is 26.4. The second kappa shape index (κ2) is 31.1. The van der Waals surface area contributed by atoms with Crippen LogP contribution in [-0.4, -0.2) is 49.1 Å². The van der Waals surface area contributed by atoms with Crippen LogP contribution in [-0.2, 0) is 0 Å². The van der Waals surface area contributed by atoms with Crippen molar-refractivity contribution in [3.05, 3.63) is 0 Å². The molecule has 0 atom stereocenters. The van der Waals surface area contributed by atoms with Crippen molar-refractivity contribution in [3.8, 4) is 0 Å². The quantitative estimate of drug-likeness (QED) is 0.0859. The number of hydrogen-bond donors (Lipinski definition) is 0. The predicted molar refractivity (Wildman–Crippen MR) is 166 cm³/mol. The van der Waals surface area contributed by atoms with Gasteiger partial charge in [-0.3, -0.25) is 0 Å². The van der Waals surface area contributed by atoms with E-state index >= 15 is 0 Å². The number of unbranched alkanes of at least 4 members (excludes halogenated alkanes) is 20. The first-order chi connectivity index (χ1) is 17.8. The molecule has 0 amide bonds. The first kappa shape index (κ1) is 35.9. The summed E-state index contributed by atoms with van der Waals surface area (Å²) in [5.41, 5.74) is 0. The highest BCUT2D eigenvalue weighted by atomic mass is 15.2. The van der Waals surface area contributed by atoms with Crippen molar-refractivity contribution in [2.75, 3.05) is 39.3 Å². The molecule has 0 aromatic carbocycles. The molecule has 36 heavy (non-hydrogen) atoms. The fourth-order valence-electron chi connectivity index (χ4n) is 5.42. The predicted octanol–water partition coefficient (Wildman–Crippen LogP) is 11.0. The van der Waals surface area contributed by atoms with Gasteiger partial charge in [-0.1, -0.05) is 156 Å². The molecule has 0 bridgehead atoms. The monoisotopic (exact) mass is 509 g/mol. The molecule has 0 saturated heterocycles. The molecule has 0 aromatic rings. The molecule has 0 saturated carbocycles. The molecule has 0 unspecified atom stereocenters. The Morgan fingerprint density at radius 1 is 0.222 bits per heavy atom. The fraction of sp³-hybridized carbons (Fsp3) is 1.00. The third-order valence-corrected chi connectivity index (χ3v) is 8.04. The Morgan fingerprint density at radius 2 is 0.417 bits per heavy atom. The molecule has 0 aliphatic carbocycles. The van der Waals surface area contributed by atoms with Gasteiger partial charge in [0.25, 0.3) is 0 Å². The van der Waals surface area contributed by atoms with E-state index in [1.165, 1.54) is 193 Å². The maximum absolute atomic E-state index is 2.84. The highest BCUT2D eigenvalue weighted by Gasteiger charge is 2.10. The summed E-state index contributed by atoms with van der Waals surface area (Å²) in [6, 6.07) is 0. The van der Waals surface area contributed by atoms with E-state index in [4.69, 9.17) is 0 Å². The van der Waals surface area contributed by atoms with Gasteiger partial charge >= 0.3 is 0 Å². The topological polar surface area (TPSA) is 6.48 Å². The maximum Gasteiger partial charge on any atom is 0.0109 e. The van der Waals surface area contributed by atoms with Crippen molar-refractivity contribution < 1.29 is 0 Å². The molecule has 0 aliphatic rings. The van der Waals surface area contributed by atoms with E-state index in [1.54, 1.807) is 0 Å². The third-order valence-electron chi connectivity index (χ3n) is 8.04. The van der Waals surface area contributed by atoms with Gasteiger partial charge in [0.1, 0.15) is 0 Å². The number of rotatable bonds is 31. The molecular weight excluding hydrogens is 436 g/mol. The lowest BCUT2D eigenvalue weighted by atomic mass is 10.1. The Bertz CT molecular complexity index is 315. The van der Waals surface area contributed by atoms with Crippen LogP contribution in [0.3, 0.4) is 0 Å². The van der Waals surface area contributed by atoms with Crippen LogP contribution in [0.2, 0.25) is 0 Å². The second-order valence-electron chi connectivity index (χ2n) is 11.8. The number of hydrogen-bond acceptors (Lipinski definition) is 2. The smallest absolute Gasteiger partial charge is 0.0109 e. The van der Waals surface area contributed by atoms with Crippen molar-refractivity contribution in [2.45, 2.75) is 182 Å². The second-order valence-corrected chi connectivity index (χ2v) is 11.8. The SMILES string of the molecule is CCCCCCCCN(CCCCCCCC)CCN(CCCCCCCC)CCCCCCCC. The average Bonchev–Trinajstić information content (AvgIpc) is 2.89. The fourth-order valence-corrected chi connectivity index (χ4v) is 5.42. The highest BCUT2D eigenvalue weighted by molar-refractivity contribution is 4.66. The van der Waals surface area contributed by atoms with Crippen molar-refractivity contribution in [1.29, 1.82) is 0 Å². The van der Waals surface area contributed by atoms with Gasteiger partial charge in [0.15, 0.2) is 0 Å². The Labute approximate surface area is 230 Å². The van der Waals surface area contributed by atoms with Gasteiger partial charge in [-0.25, -0.2) is 0 Å². The van der Waals surface area contributed by atoms with Crippen molar-refractivity contribution in [3.63, 3.8) is 0 Å². The van der Waals surface area contributed by atoms with Crippen LogP contribution >= 0.6 is 0 Å². The van der Waals surface area contributed by atoms with Gasteiger partial charge in [0, 0.05) is 13.1 Å². The van der Waals surface area contributed by atoms with Crippen LogP contribution in [0.15, 0.2) is 0 Å². The molecule has 0 N–H and O–H groups in total. The van der Waals surface area contributed by atoms with Crippen LogP contribution < -0.4 is 0 Å². The summed E-state index contributed by atoms with van der Waals surface area (Å²) >= 11 is 0. The molecule has 0 heterocycles. The van der Waals surface area contributed by atoms with Crippen LogP contribution in [0.4, 0.5) is 0 Å². The first-order valence-electron chi connectivity index (χ1n) is 17.2. The molecular formula is C34H72N2. The summed E-state index contributed by atoms with van der Waals surface area (Å²) in [6.45, 7) is 17.2. The summed E-state index contributed by atoms with van der Waals surface area (Å²) in [7, 11) is 0. The van der Waals surface area contributed by atoms with E-state index in [0.29, 0.717) is 0 Å². The molecule has 0 aromatic heterocycles. The summed E-state index contributed by atoms with van der Waals surface area (Å²) in [4.78, 5) is 5.68. The van der Waals surface area contributed by atoms with Crippen LogP contribution in [0.5, 0.6) is 0 Å². The molecule has 0 rings (SSSR count). The standard InChI is InChI=1S/C34H72N2/c1-5-9-13-17-21-25-29-35(30-26-22-18-14-10-6-2)33-34-36(31-27-23-19-15-11-7-3)32-28-24-20-16-12-8-4/h5-34H2,1-4H3. The molecule has 218 valence electrons. The van der Waals surface area contributed by atoms with E-state index in [9.17, 15) is 0 Å². The van der Waals surface area contributed by atoms with E-state index in [2.05, 4.69) is 37.5 Å². The van der Waals surface area contributed by atoms with E-state index in [-0.39, 0.29) is 0 Å². The Kier molecular flexibility index (Phi) is 31.1. The van der Waals surface area contributed by atoms with Gasteiger partial charge in [0.2, 0.25) is 0 Å². The van der Waals surface area contributed by atoms with Gasteiger partial charge in [0.05, 0.1) is 0 Å². The van der Waals surface area contributed by atoms with E-state index in [0.717, 1.165) is 0 Å². The largest absolute Gasteiger partial charge is 0.302 e. The van der Waals surface area contributed by atoms with Crippen LogP contribution in [0.25, 0.3) is 0 Å². The minimum absolute atomic E-state index is 1.30. The van der Waals surface area contributed by atoms with Crippen LogP contribution in [0.1, 0.15) is 182 Å². The zero-order valence-electron chi connectivity index (χ0n) is 26.1. The molecule has 0 aliphatic heterocycles. The van der Waals surface area contributed by atoms with E-state index in [1.807, 2.05) is 0 Å². The lowest BCUT2D eigenvalue weighted by Crippen LogP contribution is -2.37. The Balaban J connectivity index is 4.50. The summed E-state index contributed by atoms with van der Waals surface area (Å²) in [6.07, 6.45) is 34.1. The zero-order valence-corrected chi connectivity index (χ0v) is 26.1. The summed E-state index contributed by atoms with van der Waals surface area (Å²) in [5, 5.41) is 0. The van der Waals surface area contributed by atoms with Crippen molar-refractivity contribution in [1.82, 2.24) is 9.80 Å². The summed E-state index contributed by atoms with van der Waals surface area (Å²) in [5.74, 6) is 0. The van der Waals surface area contributed by atoms with Gasteiger partial charge < -0.3 is 9.80 Å².